The van der Waals surface area contributed by atoms with E-state index >= 15 is 0 Å². The summed E-state index contributed by atoms with van der Waals surface area (Å²) in [5, 5.41) is 6.07. The van der Waals surface area contributed by atoms with Crippen molar-refractivity contribution >= 4 is 11.7 Å². The Hall–Kier alpha value is -3.36. The van der Waals surface area contributed by atoms with Gasteiger partial charge in [-0.05, 0) is 18.2 Å². The van der Waals surface area contributed by atoms with Gasteiger partial charge in [-0.3, -0.25) is 14.4 Å². The van der Waals surface area contributed by atoms with Crippen molar-refractivity contribution in [2.24, 2.45) is 0 Å². The van der Waals surface area contributed by atoms with Gasteiger partial charge in [-0.25, -0.2) is 5.10 Å². The first-order valence-electron chi connectivity index (χ1n) is 9.28. The van der Waals surface area contributed by atoms with Crippen molar-refractivity contribution in [1.82, 2.24) is 15.1 Å². The summed E-state index contributed by atoms with van der Waals surface area (Å²) in [4.78, 5) is 38.2. The van der Waals surface area contributed by atoms with Crippen molar-refractivity contribution in [3.05, 3.63) is 45.9 Å². The monoisotopic (exact) mass is 399 g/mol. The molecule has 29 heavy (non-hydrogen) atoms. The zero-order valence-corrected chi connectivity index (χ0v) is 16.2. The maximum Gasteiger partial charge on any atom is 0.274 e. The van der Waals surface area contributed by atoms with E-state index in [1.807, 2.05) is 0 Å². The van der Waals surface area contributed by atoms with Crippen LogP contribution >= 0.6 is 0 Å². The first-order valence-corrected chi connectivity index (χ1v) is 9.28. The molecule has 0 bridgehead atoms. The van der Waals surface area contributed by atoms with Gasteiger partial charge < -0.3 is 19.1 Å². The smallest absolute Gasteiger partial charge is 0.274 e. The molecule has 0 aliphatic carbocycles. The highest BCUT2D eigenvalue weighted by atomic mass is 16.5. The van der Waals surface area contributed by atoms with Gasteiger partial charge in [0.25, 0.3) is 11.5 Å². The van der Waals surface area contributed by atoms with Gasteiger partial charge in [0.1, 0.15) is 11.3 Å². The van der Waals surface area contributed by atoms with Crippen molar-refractivity contribution in [1.29, 1.82) is 0 Å². The van der Waals surface area contributed by atoms with Gasteiger partial charge in [0.05, 0.1) is 26.2 Å². The molecule has 2 aromatic rings. The van der Waals surface area contributed by atoms with E-state index in [0.29, 0.717) is 48.7 Å². The molecule has 0 radical (unpaired) electrons. The largest absolute Gasteiger partial charge is 0.493 e. The van der Waals surface area contributed by atoms with E-state index in [9.17, 15) is 14.4 Å². The van der Waals surface area contributed by atoms with Gasteiger partial charge in [0.15, 0.2) is 17.3 Å². The van der Waals surface area contributed by atoms with Gasteiger partial charge in [-0.15, -0.1) is 0 Å². The number of Topliss-reactive ketones (excluding diaryl/α,β-unsaturated/α-hetero) is 1. The molecule has 3 heterocycles. The number of fused-ring (bicyclic) bond motifs is 1. The Labute approximate surface area is 166 Å². The molecule has 1 N–H and O–H groups in total. The topological polar surface area (TPSA) is 111 Å². The minimum Gasteiger partial charge on any atom is -0.493 e. The lowest BCUT2D eigenvalue weighted by atomic mass is 9.82. The fraction of sp³-hybridized carbons (Fsp3) is 0.400. The Kier molecular flexibility index (Phi) is 4.73. The summed E-state index contributed by atoms with van der Waals surface area (Å²) in [7, 11) is 3.03. The summed E-state index contributed by atoms with van der Waals surface area (Å²) in [6.45, 7) is 0.822. The van der Waals surface area contributed by atoms with Crippen molar-refractivity contribution in [3.63, 3.8) is 0 Å². The number of aromatic amines is 1. The minimum atomic E-state index is -0.695. The number of carbonyl (C=O) groups is 2. The second-order valence-electron chi connectivity index (χ2n) is 7.16. The first kappa shape index (κ1) is 19.0. The highest BCUT2D eigenvalue weighted by Gasteiger charge is 2.45. The Morgan fingerprint density at radius 1 is 1.14 bits per heavy atom. The standard InChI is InChI=1S/C20H21N3O6/c1-27-15-5-3-12-14(24)11-20(29-17(12)18(15)28-2)7-9-23(10-8-20)19(26)13-4-6-16(25)22-21-13/h3-6H,7-11H2,1-2H3,(H,22,25). The number of ether oxygens (including phenoxy) is 3. The molecular formula is C20H21N3O6. The number of rotatable bonds is 3. The third-order valence-electron chi connectivity index (χ3n) is 5.46. The van der Waals surface area contributed by atoms with Crippen LogP contribution < -0.4 is 19.8 Å². The molecule has 1 saturated heterocycles. The van der Waals surface area contributed by atoms with Gasteiger partial charge in [-0.1, -0.05) is 0 Å². The zero-order valence-electron chi connectivity index (χ0n) is 16.2. The SMILES string of the molecule is COc1ccc2c(c1OC)OC1(CCN(C(=O)c3ccc(=O)[nH]n3)CC1)CC2=O. The number of hydrogen-bond acceptors (Lipinski definition) is 7. The first-order chi connectivity index (χ1) is 14.0. The lowest BCUT2D eigenvalue weighted by Gasteiger charge is -2.44. The number of methoxy groups -OCH3 is 2. The number of aromatic nitrogens is 2. The molecule has 1 aromatic carbocycles. The second-order valence-corrected chi connectivity index (χ2v) is 7.16. The quantitative estimate of drug-likeness (QED) is 0.831. The summed E-state index contributed by atoms with van der Waals surface area (Å²) in [6, 6.07) is 6.05. The Morgan fingerprint density at radius 3 is 2.52 bits per heavy atom. The summed E-state index contributed by atoms with van der Waals surface area (Å²) >= 11 is 0. The van der Waals surface area contributed by atoms with Crippen LogP contribution in [0, 0.1) is 0 Å². The van der Waals surface area contributed by atoms with E-state index in [1.54, 1.807) is 17.0 Å². The number of likely N-dealkylation sites (tertiary alicyclic amines) is 1. The van der Waals surface area contributed by atoms with E-state index in [-0.39, 0.29) is 29.4 Å². The summed E-state index contributed by atoms with van der Waals surface area (Å²) in [6.07, 6.45) is 1.23. The van der Waals surface area contributed by atoms with E-state index in [4.69, 9.17) is 14.2 Å². The number of hydrogen-bond donors (Lipinski definition) is 1. The molecule has 2 aliphatic heterocycles. The average Bonchev–Trinajstić information content (AvgIpc) is 2.73. The van der Waals surface area contributed by atoms with Crippen LogP contribution in [-0.2, 0) is 0 Å². The molecule has 152 valence electrons. The number of nitrogens with one attached hydrogen (secondary N) is 1. The Bertz CT molecular complexity index is 1000. The van der Waals surface area contributed by atoms with Crippen LogP contribution in [0.15, 0.2) is 29.1 Å². The van der Waals surface area contributed by atoms with Crippen molar-refractivity contribution in [2.75, 3.05) is 27.3 Å². The van der Waals surface area contributed by atoms with Crippen LogP contribution in [0.5, 0.6) is 17.2 Å². The van der Waals surface area contributed by atoms with Crippen LogP contribution in [0.1, 0.15) is 40.1 Å². The van der Waals surface area contributed by atoms with E-state index in [2.05, 4.69) is 10.2 Å². The lowest BCUT2D eigenvalue weighted by molar-refractivity contribution is -0.00761. The molecule has 0 saturated carbocycles. The van der Waals surface area contributed by atoms with Gasteiger partial charge >= 0.3 is 0 Å². The highest BCUT2D eigenvalue weighted by molar-refractivity contribution is 6.01. The molecule has 9 nitrogen and oxygen atoms in total. The van der Waals surface area contributed by atoms with Gasteiger partial charge in [0, 0.05) is 32.0 Å². The molecule has 1 fully saturated rings. The predicted octanol–water partition coefficient (Wildman–Crippen LogP) is 1.43. The number of H-pyrrole nitrogens is 1. The van der Waals surface area contributed by atoms with Gasteiger partial charge in [0.2, 0.25) is 5.75 Å². The number of amides is 1. The Morgan fingerprint density at radius 2 is 1.90 bits per heavy atom. The molecule has 1 amide bonds. The Balaban J connectivity index is 1.55. The number of piperidine rings is 1. The molecule has 2 aliphatic rings. The van der Waals surface area contributed by atoms with Crippen LogP contribution in [0.2, 0.25) is 0 Å². The van der Waals surface area contributed by atoms with E-state index < -0.39 is 5.60 Å². The molecule has 1 aromatic heterocycles. The zero-order chi connectivity index (χ0) is 20.6. The summed E-state index contributed by atoms with van der Waals surface area (Å²) < 4.78 is 17.1. The normalized spacial score (nSPS) is 17.4. The summed E-state index contributed by atoms with van der Waals surface area (Å²) in [5.74, 6) is 0.999. The molecule has 4 rings (SSSR count). The van der Waals surface area contributed by atoms with Gasteiger partial charge in [-0.2, -0.15) is 5.10 Å². The molecule has 9 heteroatoms. The number of nitrogens with zero attached hydrogens (tertiary/aromatic N) is 2. The minimum absolute atomic E-state index is 0.0192. The average molecular weight is 399 g/mol. The van der Waals surface area contributed by atoms with E-state index in [1.165, 1.54) is 26.4 Å². The highest BCUT2D eigenvalue weighted by Crippen LogP contribution is 2.47. The lowest BCUT2D eigenvalue weighted by Crippen LogP contribution is -2.52. The molecule has 0 atom stereocenters. The third kappa shape index (κ3) is 3.32. The number of carbonyl (C=O) groups excluding carboxylic acids is 2. The molecule has 1 spiro atoms. The molecular weight excluding hydrogens is 378 g/mol. The predicted molar refractivity (Wildman–Crippen MR) is 102 cm³/mol. The van der Waals surface area contributed by atoms with Crippen LogP contribution in [-0.4, -0.2) is 59.7 Å². The van der Waals surface area contributed by atoms with Crippen molar-refractivity contribution in [3.8, 4) is 17.2 Å². The van der Waals surface area contributed by atoms with E-state index in [0.717, 1.165) is 0 Å². The van der Waals surface area contributed by atoms with Crippen LogP contribution in [0.3, 0.4) is 0 Å². The summed E-state index contributed by atoms with van der Waals surface area (Å²) in [5.41, 5.74) is -0.405. The fourth-order valence-electron chi connectivity index (χ4n) is 3.88. The molecule has 0 unspecified atom stereocenters. The van der Waals surface area contributed by atoms with Crippen LogP contribution in [0.4, 0.5) is 0 Å². The fourth-order valence-corrected chi connectivity index (χ4v) is 3.88. The second kappa shape index (κ2) is 7.23. The maximum absolute atomic E-state index is 12.8. The van der Waals surface area contributed by atoms with Crippen molar-refractivity contribution in [2.45, 2.75) is 24.9 Å². The maximum atomic E-state index is 12.8. The number of benzene rings is 1. The third-order valence-corrected chi connectivity index (χ3v) is 5.46. The van der Waals surface area contributed by atoms with Crippen LogP contribution in [0.25, 0.3) is 0 Å². The van der Waals surface area contributed by atoms with Crippen molar-refractivity contribution < 1.29 is 23.8 Å². The number of ketones is 1.